The van der Waals surface area contributed by atoms with Gasteiger partial charge in [0.1, 0.15) is 0 Å². The molecule has 1 heterocycles. The summed E-state index contributed by atoms with van der Waals surface area (Å²) in [6.07, 6.45) is 3.61. The van der Waals surface area contributed by atoms with Gasteiger partial charge in [0, 0.05) is 43.0 Å². The minimum atomic E-state index is 0.135. The van der Waals surface area contributed by atoms with Gasteiger partial charge in [-0.1, -0.05) is 23.7 Å². The number of nitrogens with one attached hydrogen (secondary N) is 1. The van der Waals surface area contributed by atoms with Crippen LogP contribution in [0, 0.1) is 11.8 Å². The van der Waals surface area contributed by atoms with E-state index in [1.165, 1.54) is 5.56 Å². The number of amides is 1. The Hall–Kier alpha value is -1.10. The fraction of sp³-hybridized carbons (Fsp3) is 0.611. The number of hydrogen-bond acceptors (Lipinski definition) is 3. The number of ether oxygens (including phenoxy) is 2. The first-order valence-electron chi connectivity index (χ1n) is 8.33. The van der Waals surface area contributed by atoms with E-state index in [1.54, 1.807) is 7.11 Å². The normalized spacial score (nSPS) is 29.0. The number of carbonyl (C=O) groups is 1. The summed E-state index contributed by atoms with van der Waals surface area (Å²) in [5.74, 6) is 0.901. The van der Waals surface area contributed by atoms with Crippen LogP contribution in [0.15, 0.2) is 24.3 Å². The Kier molecular flexibility index (Phi) is 5.57. The van der Waals surface area contributed by atoms with E-state index in [1.807, 2.05) is 24.3 Å². The van der Waals surface area contributed by atoms with Crippen LogP contribution in [0.1, 0.15) is 24.8 Å². The molecule has 3 rings (SSSR count). The third-order valence-electron chi connectivity index (χ3n) is 5.00. The van der Waals surface area contributed by atoms with Crippen molar-refractivity contribution in [2.45, 2.75) is 37.8 Å². The summed E-state index contributed by atoms with van der Waals surface area (Å²) < 4.78 is 11.0. The number of aryl methyl sites for hydroxylation is 1. The minimum absolute atomic E-state index is 0.135. The van der Waals surface area contributed by atoms with Gasteiger partial charge in [-0.25, -0.2) is 0 Å². The topological polar surface area (TPSA) is 47.6 Å². The number of fused-ring (bicyclic) bond motifs is 1. The van der Waals surface area contributed by atoms with Gasteiger partial charge in [0.2, 0.25) is 5.91 Å². The molecule has 0 bridgehead atoms. The zero-order chi connectivity index (χ0) is 16.2. The van der Waals surface area contributed by atoms with Crippen molar-refractivity contribution >= 4 is 17.5 Å². The van der Waals surface area contributed by atoms with Gasteiger partial charge in [-0.2, -0.15) is 0 Å². The van der Waals surface area contributed by atoms with E-state index < -0.39 is 0 Å². The van der Waals surface area contributed by atoms with Crippen molar-refractivity contribution in [1.29, 1.82) is 0 Å². The summed E-state index contributed by atoms with van der Waals surface area (Å²) in [5.41, 5.74) is 1.22. The molecule has 23 heavy (non-hydrogen) atoms. The van der Waals surface area contributed by atoms with Crippen molar-refractivity contribution in [3.05, 3.63) is 34.9 Å². The van der Waals surface area contributed by atoms with Gasteiger partial charge >= 0.3 is 0 Å². The standard InChI is InChI=1S/C18H24ClNO3/c1-22-11-15-17(14-9-10-23-18(14)15)20-16(21)4-2-3-12-5-7-13(19)8-6-12/h5-8,14-15,17-18H,2-4,9-11H2,1H3,(H,20,21)/t14-,15+,17+,18-/m1/s1. The van der Waals surface area contributed by atoms with Crippen LogP contribution in [0.5, 0.6) is 0 Å². The second-order valence-corrected chi connectivity index (χ2v) is 6.92. The summed E-state index contributed by atoms with van der Waals surface area (Å²) in [6.45, 7) is 1.45. The Morgan fingerprint density at radius 1 is 1.39 bits per heavy atom. The van der Waals surface area contributed by atoms with Gasteiger partial charge in [0.05, 0.1) is 12.7 Å². The van der Waals surface area contributed by atoms with Crippen LogP contribution >= 0.6 is 11.6 Å². The minimum Gasteiger partial charge on any atom is -0.384 e. The van der Waals surface area contributed by atoms with Gasteiger partial charge in [-0.15, -0.1) is 0 Å². The lowest BCUT2D eigenvalue weighted by molar-refractivity contribution is -0.129. The summed E-state index contributed by atoms with van der Waals surface area (Å²) in [4.78, 5) is 12.2. The molecule has 0 radical (unpaired) electrons. The number of carbonyl (C=O) groups excluding carboxylic acids is 1. The third kappa shape index (κ3) is 3.87. The number of methoxy groups -OCH3 is 1. The van der Waals surface area contributed by atoms with E-state index in [4.69, 9.17) is 21.1 Å². The second-order valence-electron chi connectivity index (χ2n) is 6.48. The summed E-state index contributed by atoms with van der Waals surface area (Å²) in [6, 6.07) is 8.02. The predicted octanol–water partition coefficient (Wildman–Crippen LogP) is 2.83. The first kappa shape index (κ1) is 16.7. The first-order chi connectivity index (χ1) is 11.2. The lowest BCUT2D eigenvalue weighted by atomic mass is 9.67. The van der Waals surface area contributed by atoms with Crippen molar-refractivity contribution in [2.24, 2.45) is 11.8 Å². The number of halogens is 1. The highest BCUT2D eigenvalue weighted by Gasteiger charge is 2.54. The van der Waals surface area contributed by atoms with E-state index in [0.29, 0.717) is 24.9 Å². The van der Waals surface area contributed by atoms with Crippen LogP contribution in [0.25, 0.3) is 0 Å². The van der Waals surface area contributed by atoms with Gasteiger partial charge in [-0.3, -0.25) is 4.79 Å². The van der Waals surface area contributed by atoms with Gasteiger partial charge in [0.25, 0.3) is 0 Å². The average Bonchev–Trinajstić information content (AvgIpc) is 2.97. The Morgan fingerprint density at radius 2 is 2.17 bits per heavy atom. The molecule has 4 nitrogen and oxygen atoms in total. The number of benzene rings is 1. The molecule has 4 atom stereocenters. The highest BCUT2D eigenvalue weighted by molar-refractivity contribution is 6.30. The van der Waals surface area contributed by atoms with Crippen LogP contribution in [0.3, 0.4) is 0 Å². The molecule has 1 aliphatic carbocycles. The Balaban J connectivity index is 1.43. The summed E-state index contributed by atoms with van der Waals surface area (Å²) in [7, 11) is 1.70. The lowest BCUT2D eigenvalue weighted by Crippen LogP contribution is -2.62. The average molecular weight is 338 g/mol. The van der Waals surface area contributed by atoms with E-state index >= 15 is 0 Å². The molecule has 5 heteroatoms. The molecule has 0 aromatic heterocycles. The van der Waals surface area contributed by atoms with Crippen LogP contribution in [0.4, 0.5) is 0 Å². The molecule has 126 valence electrons. The van der Waals surface area contributed by atoms with Gasteiger partial charge in [-0.05, 0) is 37.0 Å². The van der Waals surface area contributed by atoms with Crippen molar-refractivity contribution in [3.63, 3.8) is 0 Å². The molecule has 0 unspecified atom stereocenters. The van der Waals surface area contributed by atoms with Crippen LogP contribution in [0.2, 0.25) is 5.02 Å². The maximum atomic E-state index is 12.2. The molecule has 1 aromatic carbocycles. The van der Waals surface area contributed by atoms with Crippen LogP contribution in [-0.2, 0) is 20.7 Å². The zero-order valence-electron chi connectivity index (χ0n) is 13.5. The number of rotatable bonds is 7. The highest BCUT2D eigenvalue weighted by atomic mass is 35.5. The molecule has 1 amide bonds. The molecule has 1 aromatic rings. The molecular formula is C18H24ClNO3. The van der Waals surface area contributed by atoms with Crippen molar-refractivity contribution in [1.82, 2.24) is 5.32 Å². The monoisotopic (exact) mass is 337 g/mol. The third-order valence-corrected chi connectivity index (χ3v) is 5.25. The Morgan fingerprint density at radius 3 is 2.91 bits per heavy atom. The van der Waals surface area contributed by atoms with Crippen molar-refractivity contribution < 1.29 is 14.3 Å². The summed E-state index contributed by atoms with van der Waals surface area (Å²) in [5, 5.41) is 3.94. The maximum absolute atomic E-state index is 12.2. The Labute approximate surface area is 142 Å². The molecule has 1 saturated carbocycles. The molecule has 1 aliphatic heterocycles. The van der Waals surface area contributed by atoms with E-state index in [0.717, 1.165) is 30.9 Å². The molecular weight excluding hydrogens is 314 g/mol. The molecule has 2 fully saturated rings. The highest BCUT2D eigenvalue weighted by Crippen LogP contribution is 2.43. The Bertz CT molecular complexity index is 534. The molecule has 1 N–H and O–H groups in total. The maximum Gasteiger partial charge on any atom is 0.220 e. The largest absolute Gasteiger partial charge is 0.384 e. The van der Waals surface area contributed by atoms with E-state index in [-0.39, 0.29) is 18.1 Å². The summed E-state index contributed by atoms with van der Waals surface area (Å²) >= 11 is 5.87. The number of hydrogen-bond donors (Lipinski definition) is 1. The molecule has 2 aliphatic rings. The second kappa shape index (κ2) is 7.65. The zero-order valence-corrected chi connectivity index (χ0v) is 14.2. The molecule has 0 spiro atoms. The van der Waals surface area contributed by atoms with E-state index in [9.17, 15) is 4.79 Å². The van der Waals surface area contributed by atoms with Gasteiger partial charge in [0.15, 0.2) is 0 Å². The van der Waals surface area contributed by atoms with Crippen LogP contribution in [-0.4, -0.2) is 38.4 Å². The fourth-order valence-corrected chi connectivity index (χ4v) is 3.92. The molecule has 1 saturated heterocycles. The SMILES string of the molecule is COC[C@H]1[C@@H](NC(=O)CCCc2ccc(Cl)cc2)[C@H]2CCO[C@H]21. The lowest BCUT2D eigenvalue weighted by Gasteiger charge is -2.47. The smallest absolute Gasteiger partial charge is 0.220 e. The van der Waals surface area contributed by atoms with Crippen molar-refractivity contribution in [3.8, 4) is 0 Å². The quantitative estimate of drug-likeness (QED) is 0.832. The fourth-order valence-electron chi connectivity index (χ4n) is 3.80. The van der Waals surface area contributed by atoms with Crippen LogP contribution < -0.4 is 5.32 Å². The predicted molar refractivity (Wildman–Crippen MR) is 89.5 cm³/mol. The van der Waals surface area contributed by atoms with Gasteiger partial charge < -0.3 is 14.8 Å². The van der Waals surface area contributed by atoms with Crippen molar-refractivity contribution in [2.75, 3.05) is 20.3 Å². The van der Waals surface area contributed by atoms with E-state index in [2.05, 4.69) is 5.32 Å². The first-order valence-corrected chi connectivity index (χ1v) is 8.71.